The van der Waals surface area contributed by atoms with E-state index in [1.165, 1.54) is 17.3 Å². The van der Waals surface area contributed by atoms with Crippen LogP contribution in [0, 0.1) is 18.7 Å². The molecule has 0 aromatic heterocycles. The van der Waals surface area contributed by atoms with Crippen LogP contribution in [0.2, 0.25) is 0 Å². The van der Waals surface area contributed by atoms with Crippen molar-refractivity contribution < 1.29 is 9.50 Å². The zero-order valence-electron chi connectivity index (χ0n) is 18.0. The molecule has 0 atom stereocenters. The minimum atomic E-state index is -0.186. The SMILES string of the molecule is CCNC(=NCc1ccc(F)c(C)c1)NCc1ccc(N2CCC(CO)CC2)cc1. The van der Waals surface area contributed by atoms with Crippen molar-refractivity contribution in [3.63, 3.8) is 0 Å². The third kappa shape index (κ3) is 6.20. The van der Waals surface area contributed by atoms with E-state index in [2.05, 4.69) is 44.8 Å². The van der Waals surface area contributed by atoms with Crippen molar-refractivity contribution in [2.75, 3.05) is 31.1 Å². The molecule has 0 aliphatic carbocycles. The topological polar surface area (TPSA) is 59.9 Å². The van der Waals surface area contributed by atoms with E-state index in [0.717, 1.165) is 44.0 Å². The predicted molar refractivity (Wildman–Crippen MR) is 121 cm³/mol. The number of guanidine groups is 1. The Balaban J connectivity index is 1.54. The van der Waals surface area contributed by atoms with E-state index in [9.17, 15) is 9.50 Å². The number of nitrogens with zero attached hydrogens (tertiary/aromatic N) is 2. The molecule has 0 radical (unpaired) electrons. The summed E-state index contributed by atoms with van der Waals surface area (Å²) in [6.45, 7) is 8.07. The molecule has 5 nitrogen and oxygen atoms in total. The molecule has 1 saturated heterocycles. The van der Waals surface area contributed by atoms with E-state index >= 15 is 0 Å². The normalized spacial score (nSPS) is 15.3. The van der Waals surface area contributed by atoms with E-state index in [1.54, 1.807) is 13.0 Å². The maximum atomic E-state index is 13.4. The Hall–Kier alpha value is -2.60. The molecular weight excluding hydrogens is 379 g/mol. The largest absolute Gasteiger partial charge is 0.396 e. The van der Waals surface area contributed by atoms with Gasteiger partial charge in [-0.2, -0.15) is 0 Å². The summed E-state index contributed by atoms with van der Waals surface area (Å²) in [5.41, 5.74) is 4.05. The number of rotatable bonds is 7. The Morgan fingerprint density at radius 1 is 1.10 bits per heavy atom. The Morgan fingerprint density at radius 3 is 2.43 bits per heavy atom. The summed E-state index contributed by atoms with van der Waals surface area (Å²) in [4.78, 5) is 7.01. The molecule has 1 aliphatic heterocycles. The van der Waals surface area contributed by atoms with Gasteiger partial charge >= 0.3 is 0 Å². The number of nitrogens with one attached hydrogen (secondary N) is 2. The van der Waals surface area contributed by atoms with Gasteiger partial charge in [0.25, 0.3) is 0 Å². The number of benzene rings is 2. The number of aliphatic imine (C=N–C) groups is 1. The second kappa shape index (κ2) is 11.0. The first-order valence-corrected chi connectivity index (χ1v) is 10.8. The van der Waals surface area contributed by atoms with Crippen LogP contribution in [0.3, 0.4) is 0 Å². The Kier molecular flexibility index (Phi) is 8.08. The monoisotopic (exact) mass is 412 g/mol. The second-order valence-electron chi connectivity index (χ2n) is 7.91. The van der Waals surface area contributed by atoms with Crippen molar-refractivity contribution in [2.45, 2.75) is 39.8 Å². The van der Waals surface area contributed by atoms with Gasteiger partial charge in [-0.3, -0.25) is 0 Å². The maximum Gasteiger partial charge on any atom is 0.191 e. The van der Waals surface area contributed by atoms with Gasteiger partial charge in [0.05, 0.1) is 6.54 Å². The fraction of sp³-hybridized carbons (Fsp3) is 0.458. The number of hydrogen-bond donors (Lipinski definition) is 3. The highest BCUT2D eigenvalue weighted by atomic mass is 19.1. The zero-order chi connectivity index (χ0) is 21.3. The van der Waals surface area contributed by atoms with Gasteiger partial charge in [0.1, 0.15) is 5.82 Å². The third-order valence-corrected chi connectivity index (χ3v) is 5.62. The number of anilines is 1. The van der Waals surface area contributed by atoms with Crippen LogP contribution in [0.25, 0.3) is 0 Å². The minimum absolute atomic E-state index is 0.186. The molecule has 30 heavy (non-hydrogen) atoms. The number of aliphatic hydroxyl groups excluding tert-OH is 1. The summed E-state index contributed by atoms with van der Waals surface area (Å²) in [5.74, 6) is 1.01. The average molecular weight is 413 g/mol. The van der Waals surface area contributed by atoms with Gasteiger partial charge in [-0.1, -0.05) is 24.3 Å². The van der Waals surface area contributed by atoms with E-state index in [1.807, 2.05) is 13.0 Å². The average Bonchev–Trinajstić information content (AvgIpc) is 2.78. The molecule has 2 aromatic carbocycles. The second-order valence-corrected chi connectivity index (χ2v) is 7.91. The highest BCUT2D eigenvalue weighted by molar-refractivity contribution is 5.79. The van der Waals surface area contributed by atoms with Crippen LogP contribution in [0.1, 0.15) is 36.5 Å². The van der Waals surface area contributed by atoms with E-state index in [0.29, 0.717) is 31.2 Å². The van der Waals surface area contributed by atoms with Crippen LogP contribution in [0.5, 0.6) is 0 Å². The Bertz CT molecular complexity index is 830. The summed E-state index contributed by atoms with van der Waals surface area (Å²) in [6, 6.07) is 13.7. The summed E-state index contributed by atoms with van der Waals surface area (Å²) < 4.78 is 13.4. The van der Waals surface area contributed by atoms with Crippen molar-refractivity contribution in [1.29, 1.82) is 0 Å². The third-order valence-electron chi connectivity index (χ3n) is 5.62. The molecule has 3 rings (SSSR count). The summed E-state index contributed by atoms with van der Waals surface area (Å²) >= 11 is 0. The van der Waals surface area contributed by atoms with E-state index in [-0.39, 0.29) is 5.82 Å². The van der Waals surface area contributed by atoms with Gasteiger partial charge in [-0.25, -0.2) is 9.38 Å². The number of piperidine rings is 1. The lowest BCUT2D eigenvalue weighted by Gasteiger charge is -2.33. The molecule has 6 heteroatoms. The first-order chi connectivity index (χ1) is 14.6. The van der Waals surface area contributed by atoms with Crippen molar-refractivity contribution >= 4 is 11.6 Å². The number of hydrogen-bond acceptors (Lipinski definition) is 3. The van der Waals surface area contributed by atoms with Gasteiger partial charge in [0.2, 0.25) is 0 Å². The molecule has 0 spiro atoms. The van der Waals surface area contributed by atoms with Gasteiger partial charge in [-0.15, -0.1) is 0 Å². The lowest BCUT2D eigenvalue weighted by atomic mass is 9.97. The number of aryl methyl sites for hydroxylation is 1. The summed E-state index contributed by atoms with van der Waals surface area (Å²) in [5, 5.41) is 15.9. The highest BCUT2D eigenvalue weighted by Crippen LogP contribution is 2.23. The molecule has 2 aromatic rings. The van der Waals surface area contributed by atoms with Gasteiger partial charge in [0.15, 0.2) is 5.96 Å². The van der Waals surface area contributed by atoms with Gasteiger partial charge < -0.3 is 20.6 Å². The molecule has 1 fully saturated rings. The van der Waals surface area contributed by atoms with Crippen LogP contribution >= 0.6 is 0 Å². The van der Waals surface area contributed by atoms with Crippen LogP contribution in [0.15, 0.2) is 47.5 Å². The molecule has 1 aliphatic rings. The van der Waals surface area contributed by atoms with Crippen molar-refractivity contribution in [2.24, 2.45) is 10.9 Å². The zero-order valence-corrected chi connectivity index (χ0v) is 18.0. The first kappa shape index (κ1) is 22.1. The molecule has 3 N–H and O–H groups in total. The Labute approximate surface area is 179 Å². The van der Waals surface area contributed by atoms with E-state index in [4.69, 9.17) is 0 Å². The minimum Gasteiger partial charge on any atom is -0.396 e. The smallest absolute Gasteiger partial charge is 0.191 e. The fourth-order valence-corrected chi connectivity index (χ4v) is 3.70. The first-order valence-electron chi connectivity index (χ1n) is 10.8. The standard InChI is InChI=1S/C24H33FN4O/c1-3-26-24(28-16-21-6-9-23(25)18(2)14-21)27-15-19-4-7-22(8-5-19)29-12-10-20(17-30)11-13-29/h4-9,14,20,30H,3,10-13,15-17H2,1-2H3,(H2,26,27,28). The molecule has 162 valence electrons. The highest BCUT2D eigenvalue weighted by Gasteiger charge is 2.18. The quantitative estimate of drug-likeness (QED) is 0.480. The van der Waals surface area contributed by atoms with Crippen LogP contribution in [-0.2, 0) is 13.1 Å². The molecular formula is C24H33FN4O. The summed E-state index contributed by atoms with van der Waals surface area (Å²) in [7, 11) is 0. The number of halogens is 1. The maximum absolute atomic E-state index is 13.4. The van der Waals surface area contributed by atoms with Gasteiger partial charge in [-0.05, 0) is 67.5 Å². The van der Waals surface area contributed by atoms with Crippen LogP contribution in [0.4, 0.5) is 10.1 Å². The van der Waals surface area contributed by atoms with Crippen molar-refractivity contribution in [3.8, 4) is 0 Å². The molecule has 0 amide bonds. The lowest BCUT2D eigenvalue weighted by molar-refractivity contribution is 0.203. The molecule has 1 heterocycles. The van der Waals surface area contributed by atoms with Crippen LogP contribution in [-0.4, -0.2) is 37.3 Å². The molecule has 0 saturated carbocycles. The predicted octanol–water partition coefficient (Wildman–Crippen LogP) is 3.60. The van der Waals surface area contributed by atoms with Crippen molar-refractivity contribution in [3.05, 3.63) is 65.0 Å². The molecule has 0 bridgehead atoms. The van der Waals surface area contributed by atoms with Crippen molar-refractivity contribution in [1.82, 2.24) is 10.6 Å². The fourth-order valence-electron chi connectivity index (χ4n) is 3.70. The Morgan fingerprint density at radius 2 is 1.80 bits per heavy atom. The van der Waals surface area contributed by atoms with E-state index < -0.39 is 0 Å². The molecule has 0 unspecified atom stereocenters. The number of aliphatic hydroxyl groups is 1. The van der Waals surface area contributed by atoms with Crippen LogP contribution < -0.4 is 15.5 Å². The lowest BCUT2D eigenvalue weighted by Crippen LogP contribution is -2.36. The van der Waals surface area contributed by atoms with Gasteiger partial charge in [0, 0.05) is 38.5 Å². The summed E-state index contributed by atoms with van der Waals surface area (Å²) in [6.07, 6.45) is 2.10.